The van der Waals surface area contributed by atoms with Crippen molar-refractivity contribution in [2.75, 3.05) is 12.1 Å². The van der Waals surface area contributed by atoms with Crippen LogP contribution in [-0.2, 0) is 11.2 Å². The van der Waals surface area contributed by atoms with Crippen molar-refractivity contribution in [2.45, 2.75) is 40.3 Å². The summed E-state index contributed by atoms with van der Waals surface area (Å²) < 4.78 is 10.7. The number of benzene rings is 2. The summed E-state index contributed by atoms with van der Waals surface area (Å²) in [6.45, 7) is 8.12. The number of guanidine groups is 1. The molecule has 2 aromatic rings. The van der Waals surface area contributed by atoms with E-state index in [-0.39, 0.29) is 30.5 Å². The molecule has 3 N–H and O–H groups in total. The van der Waals surface area contributed by atoms with Crippen LogP contribution in [-0.4, -0.2) is 24.8 Å². The number of aliphatic imine (C=N–C) groups is 1. The highest BCUT2D eigenvalue weighted by Gasteiger charge is 2.28. The number of hydrogen-bond acceptors (Lipinski definition) is 5. The predicted octanol–water partition coefficient (Wildman–Crippen LogP) is 3.29. The van der Waals surface area contributed by atoms with Gasteiger partial charge in [0.05, 0.1) is 6.42 Å². The minimum absolute atomic E-state index is 0.168. The SMILES string of the molecule is Cc1ccccc1N/C(=N\C#N)NC(NC(=O)Cc1ccc2c(c1)OCO2)C(C)(C)C. The average molecular weight is 422 g/mol. The molecule has 0 aliphatic carbocycles. The van der Waals surface area contributed by atoms with Gasteiger partial charge in [0.15, 0.2) is 11.5 Å². The molecule has 1 unspecified atom stereocenters. The summed E-state index contributed by atoms with van der Waals surface area (Å²) in [5.74, 6) is 1.42. The van der Waals surface area contributed by atoms with E-state index in [1.54, 1.807) is 12.3 Å². The number of carbonyl (C=O) groups is 1. The molecule has 0 spiro atoms. The van der Waals surface area contributed by atoms with E-state index in [0.717, 1.165) is 16.8 Å². The number of hydrogen-bond donors (Lipinski definition) is 3. The van der Waals surface area contributed by atoms with Crippen LogP contribution >= 0.6 is 0 Å². The fourth-order valence-electron chi connectivity index (χ4n) is 3.04. The fourth-order valence-corrected chi connectivity index (χ4v) is 3.04. The number of para-hydroxylation sites is 1. The van der Waals surface area contributed by atoms with E-state index < -0.39 is 6.17 Å². The maximum atomic E-state index is 12.8. The van der Waals surface area contributed by atoms with Gasteiger partial charge in [-0.2, -0.15) is 5.26 Å². The zero-order valence-electron chi connectivity index (χ0n) is 18.2. The average Bonchev–Trinajstić information content (AvgIpc) is 3.16. The molecule has 1 atom stereocenters. The van der Waals surface area contributed by atoms with Crippen molar-refractivity contribution in [2.24, 2.45) is 10.4 Å². The standard InChI is InChI=1S/C23H27N5O3/c1-15-7-5-6-8-17(15)26-22(25-13-24)28-21(23(2,3)4)27-20(29)12-16-9-10-18-19(11-16)31-14-30-18/h5-11,21H,12,14H2,1-4H3,(H,27,29)(H2,25,26,28). The number of rotatable bonds is 5. The Hall–Kier alpha value is -3.73. The zero-order valence-corrected chi connectivity index (χ0v) is 18.2. The lowest BCUT2D eigenvalue weighted by Gasteiger charge is -2.33. The van der Waals surface area contributed by atoms with E-state index in [1.165, 1.54) is 0 Å². The maximum Gasteiger partial charge on any atom is 0.231 e. The maximum absolute atomic E-state index is 12.8. The van der Waals surface area contributed by atoms with E-state index in [9.17, 15) is 4.79 Å². The molecule has 1 aliphatic heterocycles. The van der Waals surface area contributed by atoms with Crippen LogP contribution in [0.3, 0.4) is 0 Å². The number of nitriles is 1. The van der Waals surface area contributed by atoms with E-state index >= 15 is 0 Å². The molecule has 2 aromatic carbocycles. The zero-order chi connectivity index (χ0) is 22.4. The number of nitrogens with one attached hydrogen (secondary N) is 3. The Labute approximate surface area is 182 Å². The van der Waals surface area contributed by atoms with Gasteiger partial charge in [-0.05, 0) is 36.2 Å². The van der Waals surface area contributed by atoms with Crippen LogP contribution in [0.5, 0.6) is 11.5 Å². The van der Waals surface area contributed by atoms with Gasteiger partial charge in [0.1, 0.15) is 6.17 Å². The summed E-state index contributed by atoms with van der Waals surface area (Å²) in [6, 6.07) is 13.1. The van der Waals surface area contributed by atoms with Gasteiger partial charge in [0, 0.05) is 11.1 Å². The number of fused-ring (bicyclic) bond motifs is 1. The molecule has 0 bridgehead atoms. The number of nitrogens with zero attached hydrogens (tertiary/aromatic N) is 2. The van der Waals surface area contributed by atoms with Crippen LogP contribution in [0.4, 0.5) is 5.69 Å². The molecule has 8 heteroatoms. The molecule has 162 valence electrons. The van der Waals surface area contributed by atoms with Crippen LogP contribution in [0.25, 0.3) is 0 Å². The first-order chi connectivity index (χ1) is 14.8. The van der Waals surface area contributed by atoms with Crippen molar-refractivity contribution in [1.82, 2.24) is 10.6 Å². The summed E-state index contributed by atoms with van der Waals surface area (Å²) in [7, 11) is 0. The van der Waals surface area contributed by atoms with Crippen molar-refractivity contribution in [3.63, 3.8) is 0 Å². The summed E-state index contributed by atoms with van der Waals surface area (Å²) in [6.07, 6.45) is 1.51. The van der Waals surface area contributed by atoms with Crippen molar-refractivity contribution >= 4 is 17.6 Å². The van der Waals surface area contributed by atoms with Crippen molar-refractivity contribution in [1.29, 1.82) is 5.26 Å². The summed E-state index contributed by atoms with van der Waals surface area (Å²) in [5.41, 5.74) is 2.30. The Kier molecular flexibility index (Phi) is 6.65. The lowest BCUT2D eigenvalue weighted by atomic mass is 9.92. The third-order valence-corrected chi connectivity index (χ3v) is 4.81. The van der Waals surface area contributed by atoms with Crippen LogP contribution in [0.2, 0.25) is 0 Å². The summed E-state index contributed by atoms with van der Waals surface area (Å²) >= 11 is 0. The first-order valence-corrected chi connectivity index (χ1v) is 10.00. The lowest BCUT2D eigenvalue weighted by Crippen LogP contribution is -2.56. The third-order valence-electron chi connectivity index (χ3n) is 4.81. The van der Waals surface area contributed by atoms with Crippen LogP contribution in [0, 0.1) is 23.8 Å². The normalized spacial score (nSPS) is 13.8. The second-order valence-corrected chi connectivity index (χ2v) is 8.38. The van der Waals surface area contributed by atoms with E-state index in [2.05, 4.69) is 20.9 Å². The van der Waals surface area contributed by atoms with Crippen LogP contribution in [0.1, 0.15) is 31.9 Å². The number of carbonyl (C=O) groups excluding carboxylic acids is 1. The minimum atomic E-state index is -0.474. The first-order valence-electron chi connectivity index (χ1n) is 10.00. The Balaban J connectivity index is 1.70. The lowest BCUT2D eigenvalue weighted by molar-refractivity contribution is -0.122. The second kappa shape index (κ2) is 9.39. The Bertz CT molecular complexity index is 1020. The molecule has 31 heavy (non-hydrogen) atoms. The smallest absolute Gasteiger partial charge is 0.231 e. The minimum Gasteiger partial charge on any atom is -0.454 e. The van der Waals surface area contributed by atoms with Crippen molar-refractivity contribution in [3.05, 3.63) is 53.6 Å². The molecule has 3 rings (SSSR count). The van der Waals surface area contributed by atoms with Gasteiger partial charge in [-0.1, -0.05) is 45.0 Å². The van der Waals surface area contributed by atoms with Crippen molar-refractivity contribution in [3.8, 4) is 17.7 Å². The van der Waals surface area contributed by atoms with E-state index in [0.29, 0.717) is 11.5 Å². The molecule has 0 saturated heterocycles. The largest absolute Gasteiger partial charge is 0.454 e. The monoisotopic (exact) mass is 421 g/mol. The molecule has 0 radical (unpaired) electrons. The third kappa shape index (κ3) is 5.89. The second-order valence-electron chi connectivity index (χ2n) is 8.38. The molecule has 0 aromatic heterocycles. The van der Waals surface area contributed by atoms with Gasteiger partial charge >= 0.3 is 0 Å². The quantitative estimate of drug-likeness (QED) is 0.296. The topological polar surface area (TPSA) is 108 Å². The summed E-state index contributed by atoms with van der Waals surface area (Å²) in [4.78, 5) is 16.6. The van der Waals surface area contributed by atoms with E-state index in [1.807, 2.05) is 64.1 Å². The Morgan fingerprint density at radius 3 is 2.61 bits per heavy atom. The molecule has 0 saturated carbocycles. The molecule has 1 amide bonds. The summed E-state index contributed by atoms with van der Waals surface area (Å²) in [5, 5.41) is 18.4. The molecule has 8 nitrogen and oxygen atoms in total. The van der Waals surface area contributed by atoms with Gasteiger partial charge in [-0.25, -0.2) is 0 Å². The fraction of sp³-hybridized carbons (Fsp3) is 0.348. The Morgan fingerprint density at radius 1 is 1.16 bits per heavy atom. The van der Waals surface area contributed by atoms with Gasteiger partial charge in [0.25, 0.3) is 0 Å². The van der Waals surface area contributed by atoms with Gasteiger partial charge in [0.2, 0.25) is 24.9 Å². The molecule has 1 heterocycles. The van der Waals surface area contributed by atoms with Gasteiger partial charge in [-0.3, -0.25) is 4.79 Å². The van der Waals surface area contributed by atoms with Gasteiger partial charge < -0.3 is 25.4 Å². The highest BCUT2D eigenvalue weighted by Crippen LogP contribution is 2.32. The Morgan fingerprint density at radius 2 is 1.90 bits per heavy atom. The number of ether oxygens (including phenoxy) is 2. The number of aryl methyl sites for hydroxylation is 1. The molecular formula is C23H27N5O3. The van der Waals surface area contributed by atoms with Crippen molar-refractivity contribution < 1.29 is 14.3 Å². The predicted molar refractivity (Wildman–Crippen MR) is 119 cm³/mol. The highest BCUT2D eigenvalue weighted by molar-refractivity contribution is 5.95. The molecule has 1 aliphatic rings. The van der Waals surface area contributed by atoms with E-state index in [4.69, 9.17) is 14.7 Å². The molecular weight excluding hydrogens is 394 g/mol. The first kappa shape index (κ1) is 22.0. The molecule has 0 fully saturated rings. The van der Waals surface area contributed by atoms with Gasteiger partial charge in [-0.15, -0.1) is 4.99 Å². The van der Waals surface area contributed by atoms with Crippen LogP contribution < -0.4 is 25.4 Å². The highest BCUT2D eigenvalue weighted by atomic mass is 16.7. The number of amides is 1. The number of anilines is 1. The van der Waals surface area contributed by atoms with Crippen LogP contribution in [0.15, 0.2) is 47.5 Å².